The fourth-order valence-electron chi connectivity index (χ4n) is 6.68. The van der Waals surface area contributed by atoms with Crippen LogP contribution in [0.2, 0.25) is 0 Å². The summed E-state index contributed by atoms with van der Waals surface area (Å²) >= 11 is 0. The second-order valence-corrected chi connectivity index (χ2v) is 11.9. The molecule has 2 aliphatic heterocycles. The SMILES string of the molecule is CCCCc1ccc(N(CC)c2ccc3c(c2)Oc2cc(C)c(Nc4ccc(OC)cc4)cc2C32OC(=O)c3ccccc32)cc1. The first-order valence-electron chi connectivity index (χ1n) is 16.0. The number of carbonyl (C=O) groups excluding carboxylic acids is 1. The zero-order valence-corrected chi connectivity index (χ0v) is 26.7. The molecular formula is C40H38N2O4. The summed E-state index contributed by atoms with van der Waals surface area (Å²) < 4.78 is 18.5. The minimum Gasteiger partial charge on any atom is -0.497 e. The smallest absolute Gasteiger partial charge is 0.340 e. The first-order chi connectivity index (χ1) is 22.4. The van der Waals surface area contributed by atoms with Gasteiger partial charge in [-0.3, -0.25) is 0 Å². The quantitative estimate of drug-likeness (QED) is 0.168. The lowest BCUT2D eigenvalue weighted by Crippen LogP contribution is -2.33. The van der Waals surface area contributed by atoms with Gasteiger partial charge in [0.05, 0.1) is 12.7 Å². The lowest BCUT2D eigenvalue weighted by molar-refractivity contribution is 0.0224. The van der Waals surface area contributed by atoms with Crippen molar-refractivity contribution in [3.8, 4) is 17.2 Å². The summed E-state index contributed by atoms with van der Waals surface area (Å²) in [6.45, 7) is 7.20. The number of nitrogens with zero attached hydrogens (tertiary/aromatic N) is 1. The van der Waals surface area contributed by atoms with Crippen molar-refractivity contribution in [2.45, 2.75) is 45.6 Å². The number of methoxy groups -OCH3 is 1. The van der Waals surface area contributed by atoms with Crippen LogP contribution in [-0.4, -0.2) is 19.6 Å². The van der Waals surface area contributed by atoms with Crippen LogP contribution in [0.3, 0.4) is 0 Å². The number of anilines is 4. The molecule has 0 saturated heterocycles. The molecule has 5 aromatic rings. The highest BCUT2D eigenvalue weighted by atomic mass is 16.6. The topological polar surface area (TPSA) is 60.0 Å². The molecule has 0 amide bonds. The Kier molecular flexibility index (Phi) is 7.65. The Bertz CT molecular complexity index is 1920. The molecule has 0 saturated carbocycles. The highest BCUT2D eigenvalue weighted by Gasteiger charge is 2.53. The molecule has 1 N–H and O–H groups in total. The van der Waals surface area contributed by atoms with Crippen molar-refractivity contribution in [2.24, 2.45) is 0 Å². The second kappa shape index (κ2) is 11.9. The molecule has 7 rings (SSSR count). The summed E-state index contributed by atoms with van der Waals surface area (Å²) in [5.41, 5.74) is 8.10. The third-order valence-electron chi connectivity index (χ3n) is 9.11. The van der Waals surface area contributed by atoms with E-state index < -0.39 is 5.60 Å². The molecule has 1 unspecified atom stereocenters. The van der Waals surface area contributed by atoms with Crippen LogP contribution in [0.15, 0.2) is 103 Å². The van der Waals surface area contributed by atoms with Gasteiger partial charge in [-0.1, -0.05) is 43.7 Å². The van der Waals surface area contributed by atoms with Gasteiger partial charge in [0, 0.05) is 52.1 Å². The number of hydrogen-bond acceptors (Lipinski definition) is 6. The molecule has 0 aliphatic carbocycles. The van der Waals surface area contributed by atoms with Crippen LogP contribution in [-0.2, 0) is 16.8 Å². The van der Waals surface area contributed by atoms with Crippen LogP contribution in [0.5, 0.6) is 17.2 Å². The number of hydrogen-bond donors (Lipinski definition) is 1. The summed E-state index contributed by atoms with van der Waals surface area (Å²) in [5.74, 6) is 1.77. The van der Waals surface area contributed by atoms with Crippen LogP contribution < -0.4 is 19.7 Å². The normalized spacial score (nSPS) is 15.8. The third kappa shape index (κ3) is 4.94. The van der Waals surface area contributed by atoms with Gasteiger partial charge < -0.3 is 24.4 Å². The predicted molar refractivity (Wildman–Crippen MR) is 183 cm³/mol. The Morgan fingerprint density at radius 3 is 2.28 bits per heavy atom. The third-order valence-corrected chi connectivity index (χ3v) is 9.11. The maximum absolute atomic E-state index is 13.5. The van der Waals surface area contributed by atoms with Gasteiger partial charge >= 0.3 is 5.97 Å². The fourth-order valence-corrected chi connectivity index (χ4v) is 6.68. The molecule has 6 heteroatoms. The molecular weight excluding hydrogens is 572 g/mol. The highest BCUT2D eigenvalue weighted by molar-refractivity contribution is 5.97. The maximum Gasteiger partial charge on any atom is 0.340 e. The van der Waals surface area contributed by atoms with Crippen LogP contribution >= 0.6 is 0 Å². The molecule has 1 spiro atoms. The number of esters is 1. The molecule has 0 fully saturated rings. The van der Waals surface area contributed by atoms with Gasteiger partial charge in [-0.05, 0) is 105 Å². The minimum absolute atomic E-state index is 0.345. The number of benzene rings is 5. The van der Waals surface area contributed by atoms with E-state index in [0.717, 1.165) is 63.7 Å². The predicted octanol–water partition coefficient (Wildman–Crippen LogP) is 9.82. The largest absolute Gasteiger partial charge is 0.497 e. The molecule has 6 nitrogen and oxygen atoms in total. The van der Waals surface area contributed by atoms with Gasteiger partial charge in [-0.2, -0.15) is 0 Å². The minimum atomic E-state index is -1.16. The van der Waals surface area contributed by atoms with E-state index in [0.29, 0.717) is 17.1 Å². The molecule has 0 bridgehead atoms. The molecule has 1 atom stereocenters. The van der Waals surface area contributed by atoms with Crippen molar-refractivity contribution in [3.05, 3.63) is 137 Å². The van der Waals surface area contributed by atoms with Crippen molar-refractivity contribution in [1.82, 2.24) is 0 Å². The average Bonchev–Trinajstić information content (AvgIpc) is 3.38. The lowest BCUT2D eigenvalue weighted by Gasteiger charge is -2.38. The van der Waals surface area contributed by atoms with E-state index in [1.807, 2.05) is 61.5 Å². The maximum atomic E-state index is 13.5. The number of aryl methyl sites for hydroxylation is 2. The van der Waals surface area contributed by atoms with E-state index in [9.17, 15) is 4.79 Å². The Balaban J connectivity index is 1.33. The van der Waals surface area contributed by atoms with Gasteiger partial charge in [-0.15, -0.1) is 0 Å². The monoisotopic (exact) mass is 610 g/mol. The van der Waals surface area contributed by atoms with E-state index in [1.54, 1.807) is 7.11 Å². The summed E-state index contributed by atoms with van der Waals surface area (Å²) in [7, 11) is 1.66. The number of rotatable bonds is 9. The van der Waals surface area contributed by atoms with Gasteiger partial charge in [0.25, 0.3) is 0 Å². The van der Waals surface area contributed by atoms with Gasteiger partial charge in [0.1, 0.15) is 17.2 Å². The average molecular weight is 611 g/mol. The molecule has 0 radical (unpaired) electrons. The molecule has 232 valence electrons. The van der Waals surface area contributed by atoms with Crippen LogP contribution in [0, 0.1) is 6.92 Å². The fraction of sp³-hybridized carbons (Fsp3) is 0.225. The summed E-state index contributed by atoms with van der Waals surface area (Å²) in [6.07, 6.45) is 3.46. The lowest BCUT2D eigenvalue weighted by atomic mass is 9.77. The standard InChI is InChI=1S/C40H38N2O4/c1-5-7-10-27-13-17-29(18-14-27)42(6-2)30-19-22-34-38(24-30)45-37-23-26(3)36(41-28-15-20-31(44-4)21-16-28)25-35(37)40(34)33-12-9-8-11-32(33)39(43)46-40/h8-9,11-25,41H,5-7,10H2,1-4H3. The van der Waals surface area contributed by atoms with E-state index >= 15 is 0 Å². The van der Waals surface area contributed by atoms with E-state index in [-0.39, 0.29) is 5.97 Å². The summed E-state index contributed by atoms with van der Waals surface area (Å²) in [6, 6.07) is 34.6. The highest BCUT2D eigenvalue weighted by Crippen LogP contribution is 2.57. The Morgan fingerprint density at radius 1 is 0.804 bits per heavy atom. The number of ether oxygens (including phenoxy) is 3. The van der Waals surface area contributed by atoms with E-state index in [1.165, 1.54) is 18.4 Å². The molecule has 5 aromatic carbocycles. The van der Waals surface area contributed by atoms with Crippen molar-refractivity contribution in [1.29, 1.82) is 0 Å². The number of carbonyl (C=O) groups is 1. The zero-order chi connectivity index (χ0) is 31.8. The molecule has 2 heterocycles. The van der Waals surface area contributed by atoms with E-state index in [4.69, 9.17) is 14.2 Å². The first-order valence-corrected chi connectivity index (χ1v) is 16.0. The number of unbranched alkanes of at least 4 members (excludes halogenated alkanes) is 1. The van der Waals surface area contributed by atoms with Crippen molar-refractivity contribution in [3.63, 3.8) is 0 Å². The zero-order valence-electron chi connectivity index (χ0n) is 26.7. The van der Waals surface area contributed by atoms with Gasteiger partial charge in [0.2, 0.25) is 0 Å². The Morgan fingerprint density at radius 2 is 1.54 bits per heavy atom. The Labute approximate surface area is 270 Å². The molecule has 2 aliphatic rings. The van der Waals surface area contributed by atoms with Crippen LogP contribution in [0.1, 0.15) is 64.9 Å². The number of nitrogens with one attached hydrogen (secondary N) is 1. The van der Waals surface area contributed by atoms with Crippen molar-refractivity contribution < 1.29 is 19.0 Å². The van der Waals surface area contributed by atoms with Gasteiger partial charge in [-0.25, -0.2) is 4.79 Å². The Hall–Kier alpha value is -5.23. The van der Waals surface area contributed by atoms with Gasteiger partial charge in [0.15, 0.2) is 5.60 Å². The van der Waals surface area contributed by atoms with Crippen LogP contribution in [0.25, 0.3) is 0 Å². The summed E-state index contributed by atoms with van der Waals surface area (Å²) in [5, 5.41) is 3.55. The number of fused-ring (bicyclic) bond motifs is 6. The first kappa shape index (κ1) is 29.5. The second-order valence-electron chi connectivity index (χ2n) is 11.9. The molecule has 46 heavy (non-hydrogen) atoms. The van der Waals surface area contributed by atoms with Crippen molar-refractivity contribution >= 4 is 28.7 Å². The molecule has 0 aromatic heterocycles. The van der Waals surface area contributed by atoms with Crippen LogP contribution in [0.4, 0.5) is 22.7 Å². The van der Waals surface area contributed by atoms with Crippen molar-refractivity contribution in [2.75, 3.05) is 23.9 Å². The summed E-state index contributed by atoms with van der Waals surface area (Å²) in [4.78, 5) is 15.7. The van der Waals surface area contributed by atoms with E-state index in [2.05, 4.69) is 72.6 Å².